The standard InChI is InChI=1S/C10H13N3O2S/c1-7-12-13-10(16-7)11-8(4-5-14)9-3-2-6-15-9/h2-3,6,8,14H,4-5H2,1H3,(H,11,13). The second-order valence-electron chi connectivity index (χ2n) is 3.35. The van der Waals surface area contributed by atoms with Crippen LogP contribution in [0.2, 0.25) is 0 Å². The van der Waals surface area contributed by atoms with E-state index >= 15 is 0 Å². The first-order chi connectivity index (χ1) is 7.79. The minimum Gasteiger partial charge on any atom is -0.467 e. The molecule has 1 unspecified atom stereocenters. The molecule has 0 aliphatic rings. The number of anilines is 1. The highest BCUT2D eigenvalue weighted by Crippen LogP contribution is 2.24. The van der Waals surface area contributed by atoms with E-state index in [1.54, 1.807) is 6.26 Å². The van der Waals surface area contributed by atoms with Crippen molar-refractivity contribution in [2.75, 3.05) is 11.9 Å². The molecule has 86 valence electrons. The Hall–Kier alpha value is -1.40. The Morgan fingerprint density at radius 1 is 1.56 bits per heavy atom. The summed E-state index contributed by atoms with van der Waals surface area (Å²) in [4.78, 5) is 0. The van der Waals surface area contributed by atoms with E-state index in [0.29, 0.717) is 6.42 Å². The zero-order valence-electron chi connectivity index (χ0n) is 8.88. The molecule has 0 saturated carbocycles. The third-order valence-corrected chi connectivity index (χ3v) is 2.90. The lowest BCUT2D eigenvalue weighted by Gasteiger charge is -2.13. The van der Waals surface area contributed by atoms with Gasteiger partial charge < -0.3 is 14.8 Å². The topological polar surface area (TPSA) is 71.2 Å². The van der Waals surface area contributed by atoms with Crippen LogP contribution in [0.5, 0.6) is 0 Å². The van der Waals surface area contributed by atoms with Gasteiger partial charge in [-0.15, -0.1) is 10.2 Å². The van der Waals surface area contributed by atoms with Crippen molar-refractivity contribution in [2.45, 2.75) is 19.4 Å². The highest BCUT2D eigenvalue weighted by molar-refractivity contribution is 7.15. The Morgan fingerprint density at radius 2 is 2.44 bits per heavy atom. The molecule has 16 heavy (non-hydrogen) atoms. The normalized spacial score (nSPS) is 12.6. The van der Waals surface area contributed by atoms with Crippen molar-refractivity contribution in [3.05, 3.63) is 29.2 Å². The van der Waals surface area contributed by atoms with E-state index in [4.69, 9.17) is 9.52 Å². The monoisotopic (exact) mass is 239 g/mol. The summed E-state index contributed by atoms with van der Waals surface area (Å²) in [6, 6.07) is 3.64. The predicted molar refractivity (Wildman–Crippen MR) is 61.4 cm³/mol. The molecule has 2 N–H and O–H groups in total. The van der Waals surface area contributed by atoms with Gasteiger partial charge in [0, 0.05) is 6.61 Å². The summed E-state index contributed by atoms with van der Waals surface area (Å²) in [6.07, 6.45) is 2.19. The van der Waals surface area contributed by atoms with E-state index in [2.05, 4.69) is 15.5 Å². The van der Waals surface area contributed by atoms with Crippen LogP contribution in [0.3, 0.4) is 0 Å². The molecular weight excluding hydrogens is 226 g/mol. The highest BCUT2D eigenvalue weighted by Gasteiger charge is 2.15. The van der Waals surface area contributed by atoms with Gasteiger partial charge in [0.05, 0.1) is 12.3 Å². The molecule has 2 aromatic rings. The summed E-state index contributed by atoms with van der Waals surface area (Å²) >= 11 is 1.48. The zero-order chi connectivity index (χ0) is 11.4. The number of hydrogen-bond acceptors (Lipinski definition) is 6. The van der Waals surface area contributed by atoms with Crippen LogP contribution in [0.15, 0.2) is 22.8 Å². The first-order valence-electron chi connectivity index (χ1n) is 5.00. The largest absolute Gasteiger partial charge is 0.467 e. The van der Waals surface area contributed by atoms with Crippen LogP contribution in [-0.4, -0.2) is 21.9 Å². The Balaban J connectivity index is 2.09. The zero-order valence-corrected chi connectivity index (χ0v) is 9.70. The Kier molecular flexibility index (Phi) is 3.53. The van der Waals surface area contributed by atoms with E-state index < -0.39 is 0 Å². The molecule has 0 amide bonds. The van der Waals surface area contributed by atoms with Crippen molar-refractivity contribution < 1.29 is 9.52 Å². The first-order valence-corrected chi connectivity index (χ1v) is 5.82. The van der Waals surface area contributed by atoms with Crippen molar-refractivity contribution >= 4 is 16.5 Å². The summed E-state index contributed by atoms with van der Waals surface area (Å²) < 4.78 is 5.31. The fraction of sp³-hybridized carbons (Fsp3) is 0.400. The Bertz CT molecular complexity index is 427. The smallest absolute Gasteiger partial charge is 0.206 e. The number of aromatic nitrogens is 2. The molecule has 0 radical (unpaired) electrons. The number of furan rings is 1. The van der Waals surface area contributed by atoms with Crippen molar-refractivity contribution in [3.63, 3.8) is 0 Å². The molecule has 0 spiro atoms. The van der Waals surface area contributed by atoms with Crippen LogP contribution >= 0.6 is 11.3 Å². The van der Waals surface area contributed by atoms with Crippen molar-refractivity contribution in [3.8, 4) is 0 Å². The maximum atomic E-state index is 9.00. The molecule has 1 atom stereocenters. The molecule has 5 nitrogen and oxygen atoms in total. The van der Waals surface area contributed by atoms with E-state index in [9.17, 15) is 0 Å². The van der Waals surface area contributed by atoms with Gasteiger partial charge in [0.15, 0.2) is 0 Å². The third kappa shape index (κ3) is 2.59. The number of aryl methyl sites for hydroxylation is 1. The Morgan fingerprint density at radius 3 is 3.00 bits per heavy atom. The van der Waals surface area contributed by atoms with Gasteiger partial charge in [0.1, 0.15) is 10.8 Å². The molecule has 6 heteroatoms. The van der Waals surface area contributed by atoms with Crippen LogP contribution < -0.4 is 5.32 Å². The highest BCUT2D eigenvalue weighted by atomic mass is 32.1. The lowest BCUT2D eigenvalue weighted by Crippen LogP contribution is -2.11. The van der Waals surface area contributed by atoms with Gasteiger partial charge in [-0.2, -0.15) is 0 Å². The van der Waals surface area contributed by atoms with Gasteiger partial charge in [-0.25, -0.2) is 0 Å². The molecule has 0 saturated heterocycles. The molecule has 2 rings (SSSR count). The average molecular weight is 239 g/mol. The molecule has 0 fully saturated rings. The van der Waals surface area contributed by atoms with E-state index in [0.717, 1.165) is 15.9 Å². The van der Waals surface area contributed by atoms with Gasteiger partial charge in [0.25, 0.3) is 0 Å². The summed E-state index contributed by atoms with van der Waals surface area (Å²) in [5.74, 6) is 0.793. The SMILES string of the molecule is Cc1nnc(NC(CCO)c2ccco2)s1. The lowest BCUT2D eigenvalue weighted by atomic mass is 10.1. The maximum Gasteiger partial charge on any atom is 0.206 e. The van der Waals surface area contributed by atoms with Crippen LogP contribution in [0.25, 0.3) is 0 Å². The third-order valence-electron chi connectivity index (χ3n) is 2.13. The van der Waals surface area contributed by atoms with Crippen LogP contribution in [0.1, 0.15) is 23.2 Å². The molecule has 2 aromatic heterocycles. The van der Waals surface area contributed by atoms with Crippen molar-refractivity contribution in [1.82, 2.24) is 10.2 Å². The van der Waals surface area contributed by atoms with Crippen molar-refractivity contribution in [2.24, 2.45) is 0 Å². The number of hydrogen-bond donors (Lipinski definition) is 2. The van der Waals surface area contributed by atoms with E-state index in [-0.39, 0.29) is 12.6 Å². The number of nitrogens with zero attached hydrogens (tertiary/aromatic N) is 2. The molecule has 2 heterocycles. The predicted octanol–water partition coefficient (Wildman–Crippen LogP) is 1.98. The van der Waals surface area contributed by atoms with Crippen LogP contribution in [-0.2, 0) is 0 Å². The molecule has 0 aromatic carbocycles. The summed E-state index contributed by atoms with van der Waals surface area (Å²) in [5, 5.41) is 21.8. The van der Waals surface area contributed by atoms with Gasteiger partial charge in [0.2, 0.25) is 5.13 Å². The average Bonchev–Trinajstić information content (AvgIpc) is 2.88. The lowest BCUT2D eigenvalue weighted by molar-refractivity contribution is 0.273. The van der Waals surface area contributed by atoms with Gasteiger partial charge in [-0.3, -0.25) is 0 Å². The quantitative estimate of drug-likeness (QED) is 0.834. The minimum absolute atomic E-state index is 0.0626. The number of rotatable bonds is 5. The molecule has 0 aliphatic heterocycles. The molecule has 0 aliphatic carbocycles. The summed E-state index contributed by atoms with van der Waals surface area (Å²) in [5.41, 5.74) is 0. The number of aliphatic hydroxyl groups excluding tert-OH is 1. The second kappa shape index (κ2) is 5.09. The Labute approximate surface area is 97.1 Å². The summed E-state index contributed by atoms with van der Waals surface area (Å²) in [7, 11) is 0. The number of nitrogens with one attached hydrogen (secondary N) is 1. The van der Waals surface area contributed by atoms with E-state index in [1.165, 1.54) is 11.3 Å². The van der Waals surface area contributed by atoms with Gasteiger partial charge in [-0.05, 0) is 25.5 Å². The second-order valence-corrected chi connectivity index (χ2v) is 4.53. The van der Waals surface area contributed by atoms with Crippen molar-refractivity contribution in [1.29, 1.82) is 0 Å². The number of aliphatic hydroxyl groups is 1. The fourth-order valence-corrected chi connectivity index (χ4v) is 2.05. The minimum atomic E-state index is -0.0626. The van der Waals surface area contributed by atoms with Gasteiger partial charge in [-0.1, -0.05) is 11.3 Å². The van der Waals surface area contributed by atoms with E-state index in [1.807, 2.05) is 19.1 Å². The molecular formula is C10H13N3O2S. The van der Waals surface area contributed by atoms with Gasteiger partial charge >= 0.3 is 0 Å². The maximum absolute atomic E-state index is 9.00. The van der Waals surface area contributed by atoms with Crippen LogP contribution in [0, 0.1) is 6.92 Å². The molecule has 0 bridgehead atoms. The summed E-state index contributed by atoms with van der Waals surface area (Å²) in [6.45, 7) is 1.99. The fourth-order valence-electron chi connectivity index (χ4n) is 1.41. The van der Waals surface area contributed by atoms with Crippen LogP contribution in [0.4, 0.5) is 5.13 Å². The first kappa shape index (κ1) is 11.1.